The molecule has 1 amide bonds. The maximum Gasteiger partial charge on any atom is 0.224 e. The Kier molecular flexibility index (Phi) is 5.00. The number of nitrogens with one attached hydrogen (secondary N) is 1. The van der Waals surface area contributed by atoms with Crippen molar-refractivity contribution in [2.45, 2.75) is 19.4 Å². The van der Waals surface area contributed by atoms with Crippen LogP contribution in [0.5, 0.6) is 0 Å². The minimum Gasteiger partial charge on any atom is -0.359 e. The summed E-state index contributed by atoms with van der Waals surface area (Å²) in [6.45, 7) is 2.93. The van der Waals surface area contributed by atoms with E-state index in [0.29, 0.717) is 0 Å². The van der Waals surface area contributed by atoms with Gasteiger partial charge in [-0.15, -0.1) is 0 Å². The van der Waals surface area contributed by atoms with E-state index in [1.807, 2.05) is 0 Å². The number of likely N-dealkylation sites (tertiary alicyclic amines) is 1. The van der Waals surface area contributed by atoms with Gasteiger partial charge in [0, 0.05) is 23.7 Å². The van der Waals surface area contributed by atoms with Gasteiger partial charge in [0.15, 0.2) is 0 Å². The minimum atomic E-state index is 0.160. The molecule has 1 saturated heterocycles. The van der Waals surface area contributed by atoms with Crippen molar-refractivity contribution in [3.8, 4) is 0 Å². The molecular formula is C14H19IN2O. The van der Waals surface area contributed by atoms with E-state index >= 15 is 0 Å². The average Bonchev–Trinajstić information content (AvgIpc) is 2.41. The van der Waals surface area contributed by atoms with Crippen molar-refractivity contribution >= 4 is 28.5 Å². The fourth-order valence-electron chi connectivity index (χ4n) is 2.47. The summed E-state index contributed by atoms with van der Waals surface area (Å²) in [6, 6.07) is 8.61. The molecule has 0 aromatic heterocycles. The Morgan fingerprint density at radius 2 is 2.17 bits per heavy atom. The van der Waals surface area contributed by atoms with Crippen LogP contribution in [0, 0.1) is 9.49 Å². The lowest BCUT2D eigenvalue weighted by Crippen LogP contribution is -2.41. The first kappa shape index (κ1) is 13.8. The summed E-state index contributed by atoms with van der Waals surface area (Å²) in [5, 5.41) is 2.76. The van der Waals surface area contributed by atoms with Gasteiger partial charge in [-0.1, -0.05) is 12.1 Å². The van der Waals surface area contributed by atoms with E-state index in [0.717, 1.165) is 32.5 Å². The van der Waals surface area contributed by atoms with Crippen molar-refractivity contribution in [3.05, 3.63) is 33.4 Å². The third kappa shape index (κ3) is 3.68. The zero-order valence-corrected chi connectivity index (χ0v) is 12.8. The zero-order valence-electron chi connectivity index (χ0n) is 10.7. The fraction of sp³-hybridized carbons (Fsp3) is 0.500. The third-order valence-corrected chi connectivity index (χ3v) is 4.16. The van der Waals surface area contributed by atoms with E-state index in [-0.39, 0.29) is 11.8 Å². The van der Waals surface area contributed by atoms with Crippen LogP contribution in [0.4, 0.5) is 0 Å². The molecule has 1 aromatic carbocycles. The molecule has 0 bridgehead atoms. The standard InChI is InChI=1S/C14H19IN2O/c1-16-14(18)12-3-2-8-17(10-12)9-11-4-6-13(15)7-5-11/h4-7,12H,2-3,8-10H2,1H3,(H,16,18). The fourth-order valence-corrected chi connectivity index (χ4v) is 2.82. The Morgan fingerprint density at radius 3 is 2.83 bits per heavy atom. The molecule has 1 aliphatic rings. The number of piperidine rings is 1. The molecular weight excluding hydrogens is 339 g/mol. The van der Waals surface area contributed by atoms with Crippen LogP contribution >= 0.6 is 22.6 Å². The molecule has 0 aliphatic carbocycles. The molecule has 1 aliphatic heterocycles. The number of amides is 1. The molecule has 1 atom stereocenters. The minimum absolute atomic E-state index is 0.160. The highest BCUT2D eigenvalue weighted by atomic mass is 127. The molecule has 0 radical (unpaired) electrons. The first-order valence-electron chi connectivity index (χ1n) is 6.37. The quantitative estimate of drug-likeness (QED) is 0.841. The Morgan fingerprint density at radius 1 is 1.44 bits per heavy atom. The smallest absolute Gasteiger partial charge is 0.224 e. The van der Waals surface area contributed by atoms with Crippen LogP contribution in [-0.4, -0.2) is 30.9 Å². The second-order valence-corrected chi connectivity index (χ2v) is 6.06. The third-order valence-electron chi connectivity index (χ3n) is 3.44. The molecule has 0 spiro atoms. The Hall–Kier alpha value is -0.620. The zero-order chi connectivity index (χ0) is 13.0. The predicted octanol–water partition coefficient (Wildman–Crippen LogP) is 2.25. The van der Waals surface area contributed by atoms with Crippen LogP contribution in [0.15, 0.2) is 24.3 Å². The molecule has 1 aromatic rings. The maximum absolute atomic E-state index is 11.7. The molecule has 1 N–H and O–H groups in total. The molecule has 2 rings (SSSR count). The number of benzene rings is 1. The number of hydrogen-bond acceptors (Lipinski definition) is 2. The summed E-state index contributed by atoms with van der Waals surface area (Å²) in [5.74, 6) is 0.343. The number of nitrogens with zero attached hydrogens (tertiary/aromatic N) is 1. The topological polar surface area (TPSA) is 32.3 Å². The predicted molar refractivity (Wildman–Crippen MR) is 81.2 cm³/mol. The number of hydrogen-bond donors (Lipinski definition) is 1. The average molecular weight is 358 g/mol. The van der Waals surface area contributed by atoms with Gasteiger partial charge >= 0.3 is 0 Å². The van der Waals surface area contributed by atoms with Crippen molar-refractivity contribution in [2.24, 2.45) is 5.92 Å². The Labute approximate surface area is 122 Å². The van der Waals surface area contributed by atoms with Crippen LogP contribution in [0.1, 0.15) is 18.4 Å². The van der Waals surface area contributed by atoms with Gasteiger partial charge in [0.25, 0.3) is 0 Å². The van der Waals surface area contributed by atoms with E-state index in [9.17, 15) is 4.79 Å². The number of rotatable bonds is 3. The van der Waals surface area contributed by atoms with Crippen LogP contribution in [0.3, 0.4) is 0 Å². The van der Waals surface area contributed by atoms with Gasteiger partial charge in [-0.25, -0.2) is 0 Å². The summed E-state index contributed by atoms with van der Waals surface area (Å²) in [5.41, 5.74) is 1.33. The van der Waals surface area contributed by atoms with Crippen molar-refractivity contribution < 1.29 is 4.79 Å². The number of carbonyl (C=O) groups is 1. The van der Waals surface area contributed by atoms with Crippen molar-refractivity contribution in [1.82, 2.24) is 10.2 Å². The van der Waals surface area contributed by atoms with E-state index in [2.05, 4.69) is 57.1 Å². The Balaban J connectivity index is 1.93. The lowest BCUT2D eigenvalue weighted by Gasteiger charge is -2.31. The van der Waals surface area contributed by atoms with Gasteiger partial charge in [0.2, 0.25) is 5.91 Å². The second kappa shape index (κ2) is 6.52. The second-order valence-electron chi connectivity index (χ2n) is 4.81. The lowest BCUT2D eigenvalue weighted by atomic mass is 9.97. The summed E-state index contributed by atoms with van der Waals surface area (Å²) >= 11 is 2.32. The molecule has 18 heavy (non-hydrogen) atoms. The molecule has 3 nitrogen and oxygen atoms in total. The highest BCUT2D eigenvalue weighted by molar-refractivity contribution is 14.1. The normalized spacial score (nSPS) is 20.7. The highest BCUT2D eigenvalue weighted by Crippen LogP contribution is 2.19. The van der Waals surface area contributed by atoms with Gasteiger partial charge < -0.3 is 5.32 Å². The van der Waals surface area contributed by atoms with E-state index in [4.69, 9.17) is 0 Å². The molecule has 0 saturated carbocycles. The van der Waals surface area contributed by atoms with Gasteiger partial charge in [-0.05, 0) is 59.7 Å². The number of halogens is 1. The summed E-state index contributed by atoms with van der Waals surface area (Å²) in [7, 11) is 1.72. The van der Waals surface area contributed by atoms with E-state index in [1.54, 1.807) is 7.05 Å². The van der Waals surface area contributed by atoms with Crippen molar-refractivity contribution in [1.29, 1.82) is 0 Å². The van der Waals surface area contributed by atoms with Gasteiger partial charge in [0.1, 0.15) is 0 Å². The van der Waals surface area contributed by atoms with Gasteiger partial charge in [-0.2, -0.15) is 0 Å². The SMILES string of the molecule is CNC(=O)C1CCCN(Cc2ccc(I)cc2)C1. The van der Waals surface area contributed by atoms with Gasteiger partial charge in [0.05, 0.1) is 5.92 Å². The molecule has 4 heteroatoms. The van der Waals surface area contributed by atoms with E-state index in [1.165, 1.54) is 9.13 Å². The lowest BCUT2D eigenvalue weighted by molar-refractivity contribution is -0.126. The summed E-state index contributed by atoms with van der Waals surface area (Å²) < 4.78 is 1.26. The monoisotopic (exact) mass is 358 g/mol. The number of carbonyl (C=O) groups excluding carboxylic acids is 1. The first-order valence-corrected chi connectivity index (χ1v) is 7.45. The van der Waals surface area contributed by atoms with Crippen LogP contribution in [0.2, 0.25) is 0 Å². The largest absolute Gasteiger partial charge is 0.359 e. The molecule has 98 valence electrons. The van der Waals surface area contributed by atoms with E-state index < -0.39 is 0 Å². The first-order chi connectivity index (χ1) is 8.69. The molecule has 1 heterocycles. The Bertz CT molecular complexity index is 405. The summed E-state index contributed by atoms with van der Waals surface area (Å²) in [6.07, 6.45) is 2.13. The van der Waals surface area contributed by atoms with Crippen LogP contribution < -0.4 is 5.32 Å². The highest BCUT2D eigenvalue weighted by Gasteiger charge is 2.24. The maximum atomic E-state index is 11.7. The van der Waals surface area contributed by atoms with Crippen LogP contribution in [0.25, 0.3) is 0 Å². The van der Waals surface area contributed by atoms with Gasteiger partial charge in [-0.3, -0.25) is 9.69 Å². The van der Waals surface area contributed by atoms with Crippen LogP contribution in [-0.2, 0) is 11.3 Å². The van der Waals surface area contributed by atoms with Crippen molar-refractivity contribution in [3.63, 3.8) is 0 Å². The molecule has 1 fully saturated rings. The summed E-state index contributed by atoms with van der Waals surface area (Å²) in [4.78, 5) is 14.1. The van der Waals surface area contributed by atoms with Crippen molar-refractivity contribution in [2.75, 3.05) is 20.1 Å². The molecule has 1 unspecified atom stereocenters.